The number of benzene rings is 1. The van der Waals surface area contributed by atoms with Gasteiger partial charge in [0.25, 0.3) is 5.91 Å². The second-order valence-corrected chi connectivity index (χ2v) is 6.08. The van der Waals surface area contributed by atoms with Gasteiger partial charge in [0.15, 0.2) is 12.4 Å². The molecule has 2 aromatic rings. The van der Waals surface area contributed by atoms with Gasteiger partial charge in [0.1, 0.15) is 11.8 Å². The van der Waals surface area contributed by atoms with Gasteiger partial charge >= 0.3 is 0 Å². The minimum absolute atomic E-state index is 0. The summed E-state index contributed by atoms with van der Waals surface area (Å²) < 4.78 is 10.7. The first-order chi connectivity index (χ1) is 12.1. The highest BCUT2D eigenvalue weighted by Crippen LogP contribution is 2.19. The lowest BCUT2D eigenvalue weighted by atomic mass is 10.2. The van der Waals surface area contributed by atoms with E-state index >= 15 is 0 Å². The van der Waals surface area contributed by atoms with Crippen molar-refractivity contribution in [3.63, 3.8) is 0 Å². The Balaban J connectivity index is 0.00000243. The van der Waals surface area contributed by atoms with E-state index < -0.39 is 0 Å². The smallest absolute Gasteiger partial charge is 0.258 e. The van der Waals surface area contributed by atoms with Gasteiger partial charge in [-0.2, -0.15) is 4.98 Å². The molecule has 0 aliphatic carbocycles. The summed E-state index contributed by atoms with van der Waals surface area (Å²) in [5.74, 6) is 1.43. The molecule has 2 heterocycles. The zero-order chi connectivity index (χ0) is 17.6. The Morgan fingerprint density at radius 1 is 1.46 bits per heavy atom. The summed E-state index contributed by atoms with van der Waals surface area (Å²) in [5, 5.41) is 10.2. The second kappa shape index (κ2) is 9.51. The Hall–Kier alpha value is -2.16. The van der Waals surface area contributed by atoms with Crippen molar-refractivity contribution in [2.45, 2.75) is 19.0 Å². The Bertz CT molecular complexity index is 697. The first kappa shape index (κ1) is 20.2. The van der Waals surface area contributed by atoms with Crippen LogP contribution in [0.25, 0.3) is 0 Å². The van der Waals surface area contributed by atoms with Crippen molar-refractivity contribution < 1.29 is 14.1 Å². The molecule has 8 nitrogen and oxygen atoms in total. The van der Waals surface area contributed by atoms with E-state index in [0.717, 1.165) is 19.6 Å². The topological polar surface area (TPSA) is 92.5 Å². The van der Waals surface area contributed by atoms with Crippen LogP contribution in [0.1, 0.15) is 30.7 Å². The van der Waals surface area contributed by atoms with Gasteiger partial charge in [-0.1, -0.05) is 23.4 Å². The Kier molecular flexibility index (Phi) is 7.38. The first-order valence-electron chi connectivity index (χ1n) is 8.35. The van der Waals surface area contributed by atoms with Crippen LogP contribution in [0.4, 0.5) is 0 Å². The number of hydrogen-bond donors (Lipinski definition) is 2. The van der Waals surface area contributed by atoms with Crippen LogP contribution in [0, 0.1) is 0 Å². The number of nitrogens with zero attached hydrogens (tertiary/aromatic N) is 3. The monoisotopic (exact) mass is 381 g/mol. The van der Waals surface area contributed by atoms with Crippen LogP contribution >= 0.6 is 12.4 Å². The third kappa shape index (κ3) is 5.17. The number of aromatic nitrogens is 2. The molecule has 1 aliphatic rings. The Morgan fingerprint density at radius 2 is 2.23 bits per heavy atom. The number of amides is 1. The molecule has 0 spiro atoms. The molecule has 26 heavy (non-hydrogen) atoms. The number of likely N-dealkylation sites (N-methyl/N-ethyl adjacent to an activating group) is 1. The van der Waals surface area contributed by atoms with Crippen molar-refractivity contribution in [3.05, 3.63) is 42.0 Å². The van der Waals surface area contributed by atoms with Crippen LogP contribution in [0.5, 0.6) is 5.75 Å². The van der Waals surface area contributed by atoms with Gasteiger partial charge in [0.2, 0.25) is 5.89 Å². The number of hydrogen-bond acceptors (Lipinski definition) is 7. The standard InChI is InChI=1S/C17H23N5O3.ClH/c1-12(19-15(23)11-24-13-6-4-3-5-7-13)17-20-16(21-25-17)14-10-18-8-9-22(14)2;/h3-7,12,14,18H,8-11H2,1-2H3,(H,19,23);1H. The lowest BCUT2D eigenvalue weighted by Gasteiger charge is -2.30. The molecule has 0 bridgehead atoms. The predicted octanol–water partition coefficient (Wildman–Crippen LogP) is 1.32. The van der Waals surface area contributed by atoms with E-state index in [4.69, 9.17) is 9.26 Å². The van der Waals surface area contributed by atoms with Crippen LogP contribution in [-0.4, -0.2) is 54.2 Å². The van der Waals surface area contributed by atoms with E-state index in [9.17, 15) is 4.79 Å². The molecule has 1 saturated heterocycles. The lowest BCUT2D eigenvalue weighted by Crippen LogP contribution is -2.44. The predicted molar refractivity (Wildman–Crippen MR) is 98.3 cm³/mol. The average Bonchev–Trinajstić information content (AvgIpc) is 3.11. The van der Waals surface area contributed by atoms with E-state index in [0.29, 0.717) is 17.5 Å². The van der Waals surface area contributed by atoms with E-state index in [2.05, 4.69) is 25.7 Å². The number of para-hydroxylation sites is 1. The van der Waals surface area contributed by atoms with Gasteiger partial charge in [-0.05, 0) is 26.1 Å². The van der Waals surface area contributed by atoms with Crippen molar-refractivity contribution in [2.24, 2.45) is 0 Å². The van der Waals surface area contributed by atoms with Crippen LogP contribution in [0.15, 0.2) is 34.9 Å². The maximum absolute atomic E-state index is 12.0. The summed E-state index contributed by atoms with van der Waals surface area (Å²) in [6, 6.07) is 8.90. The van der Waals surface area contributed by atoms with Crippen molar-refractivity contribution >= 4 is 18.3 Å². The number of carbonyl (C=O) groups excluding carboxylic acids is 1. The molecule has 0 saturated carbocycles. The fourth-order valence-electron chi connectivity index (χ4n) is 2.66. The molecule has 2 atom stereocenters. The van der Waals surface area contributed by atoms with E-state index in [-0.39, 0.29) is 37.0 Å². The highest BCUT2D eigenvalue weighted by molar-refractivity contribution is 5.85. The molecule has 1 amide bonds. The van der Waals surface area contributed by atoms with E-state index in [1.165, 1.54) is 0 Å². The minimum atomic E-state index is -0.380. The van der Waals surface area contributed by atoms with Gasteiger partial charge in [0.05, 0.1) is 6.04 Å². The van der Waals surface area contributed by atoms with Gasteiger partial charge in [0, 0.05) is 19.6 Å². The minimum Gasteiger partial charge on any atom is -0.484 e. The fraction of sp³-hybridized carbons (Fsp3) is 0.471. The summed E-state index contributed by atoms with van der Waals surface area (Å²) in [4.78, 5) is 18.6. The van der Waals surface area contributed by atoms with Crippen molar-refractivity contribution in [3.8, 4) is 5.75 Å². The van der Waals surface area contributed by atoms with E-state index in [1.807, 2.05) is 25.2 Å². The molecule has 9 heteroatoms. The molecule has 2 unspecified atom stereocenters. The van der Waals surface area contributed by atoms with Crippen LogP contribution in [-0.2, 0) is 4.79 Å². The third-order valence-corrected chi connectivity index (χ3v) is 4.13. The van der Waals surface area contributed by atoms with Gasteiger partial charge < -0.3 is 19.9 Å². The van der Waals surface area contributed by atoms with Crippen molar-refractivity contribution in [1.29, 1.82) is 0 Å². The maximum Gasteiger partial charge on any atom is 0.258 e. The number of ether oxygens (including phenoxy) is 1. The largest absolute Gasteiger partial charge is 0.484 e. The first-order valence-corrected chi connectivity index (χ1v) is 8.35. The summed E-state index contributed by atoms with van der Waals surface area (Å²) in [6.45, 7) is 4.40. The molecule has 142 valence electrons. The van der Waals surface area contributed by atoms with Crippen LogP contribution in [0.3, 0.4) is 0 Å². The number of halogens is 1. The quantitative estimate of drug-likeness (QED) is 0.779. The molecule has 1 fully saturated rings. The van der Waals surface area contributed by atoms with Crippen molar-refractivity contribution in [2.75, 3.05) is 33.3 Å². The second-order valence-electron chi connectivity index (χ2n) is 6.08. The third-order valence-electron chi connectivity index (χ3n) is 4.13. The maximum atomic E-state index is 12.0. The van der Waals surface area contributed by atoms with Crippen LogP contribution < -0.4 is 15.4 Å². The number of piperazine rings is 1. The summed E-state index contributed by atoms with van der Waals surface area (Å²) >= 11 is 0. The number of rotatable bonds is 6. The normalized spacial score (nSPS) is 18.6. The molecular formula is C17H24ClN5O3. The lowest BCUT2D eigenvalue weighted by molar-refractivity contribution is -0.123. The number of nitrogens with one attached hydrogen (secondary N) is 2. The van der Waals surface area contributed by atoms with Gasteiger partial charge in [-0.3, -0.25) is 9.69 Å². The fourth-order valence-corrected chi connectivity index (χ4v) is 2.66. The van der Waals surface area contributed by atoms with Gasteiger partial charge in [-0.15, -0.1) is 12.4 Å². The zero-order valence-electron chi connectivity index (χ0n) is 14.8. The van der Waals surface area contributed by atoms with Crippen molar-refractivity contribution in [1.82, 2.24) is 25.7 Å². The molecule has 1 aliphatic heterocycles. The van der Waals surface area contributed by atoms with E-state index in [1.54, 1.807) is 19.1 Å². The zero-order valence-corrected chi connectivity index (χ0v) is 15.7. The Morgan fingerprint density at radius 3 is 2.96 bits per heavy atom. The number of carbonyl (C=O) groups is 1. The van der Waals surface area contributed by atoms with Crippen LogP contribution in [0.2, 0.25) is 0 Å². The highest BCUT2D eigenvalue weighted by atomic mass is 35.5. The molecule has 0 radical (unpaired) electrons. The SMILES string of the molecule is CC(NC(=O)COc1ccccc1)c1nc(C2CNCCN2C)no1.Cl. The van der Waals surface area contributed by atoms with Gasteiger partial charge in [-0.25, -0.2) is 0 Å². The highest BCUT2D eigenvalue weighted by Gasteiger charge is 2.26. The molecule has 3 rings (SSSR count). The molecule has 1 aromatic heterocycles. The average molecular weight is 382 g/mol. The summed E-state index contributed by atoms with van der Waals surface area (Å²) in [5.41, 5.74) is 0. The summed E-state index contributed by atoms with van der Waals surface area (Å²) in [7, 11) is 2.04. The molecule has 2 N–H and O–H groups in total. The summed E-state index contributed by atoms with van der Waals surface area (Å²) in [6.07, 6.45) is 0. The molecular weight excluding hydrogens is 358 g/mol. The molecule has 1 aromatic carbocycles. The Labute approximate surface area is 158 Å².